The van der Waals surface area contributed by atoms with Gasteiger partial charge in [0.1, 0.15) is 11.5 Å². The van der Waals surface area contributed by atoms with Gasteiger partial charge in [-0.15, -0.1) is 0 Å². The molecule has 4 fully saturated rings. The number of ether oxygens (including phenoxy) is 4. The summed E-state index contributed by atoms with van der Waals surface area (Å²) in [7, 11) is 1.76. The molecule has 0 atom stereocenters. The van der Waals surface area contributed by atoms with E-state index in [-0.39, 0.29) is 23.8 Å². The molecule has 2 saturated carbocycles. The van der Waals surface area contributed by atoms with Crippen molar-refractivity contribution in [1.82, 2.24) is 9.80 Å². The van der Waals surface area contributed by atoms with Crippen LogP contribution in [0.2, 0.25) is 6.82 Å². The Morgan fingerprint density at radius 3 is 1.41 bits per heavy atom. The van der Waals surface area contributed by atoms with Gasteiger partial charge in [-0.05, 0) is 173 Å². The van der Waals surface area contributed by atoms with Crippen LogP contribution in [0.1, 0.15) is 110 Å². The lowest BCUT2D eigenvalue weighted by Crippen LogP contribution is -2.49. The first-order valence-corrected chi connectivity index (χ1v) is 25.3. The number of benzene rings is 4. The van der Waals surface area contributed by atoms with E-state index in [2.05, 4.69) is 142 Å². The average Bonchev–Trinajstić information content (AvgIpc) is 3.24. The van der Waals surface area contributed by atoms with E-state index in [0.717, 1.165) is 88.3 Å². The summed E-state index contributed by atoms with van der Waals surface area (Å²) < 4.78 is 23.8. The summed E-state index contributed by atoms with van der Waals surface area (Å²) in [6.07, 6.45) is 10.3. The molecule has 2 saturated heterocycles. The van der Waals surface area contributed by atoms with Crippen molar-refractivity contribution in [1.29, 1.82) is 0 Å². The molecule has 2 aliphatic carbocycles. The normalized spacial score (nSPS) is 21.9. The molecular formula is C54H76BIN2O8. The van der Waals surface area contributed by atoms with Crippen LogP contribution in [0.25, 0.3) is 21.5 Å². The van der Waals surface area contributed by atoms with Gasteiger partial charge < -0.3 is 29.0 Å². The Kier molecular flexibility index (Phi) is 17.9. The third kappa shape index (κ3) is 13.9. The summed E-state index contributed by atoms with van der Waals surface area (Å²) in [5, 5.41) is 20.2. The summed E-state index contributed by atoms with van der Waals surface area (Å²) in [5.74, 6) is 3.53. The number of likely N-dealkylation sites (tertiary alicyclic amines) is 2. The fraction of sp³-hybridized carbons (Fsp3) is 0.593. The number of carbonyl (C=O) groups is 2. The number of carbonyl (C=O) groups excluding carboxylic acids is 2. The number of aryl methyl sites for hydroxylation is 1. The highest BCUT2D eigenvalue weighted by atomic mass is 127. The summed E-state index contributed by atoms with van der Waals surface area (Å²) in [5.41, 5.74) is 4.59. The van der Waals surface area contributed by atoms with Crippen LogP contribution in [0.5, 0.6) is 11.5 Å². The van der Waals surface area contributed by atoms with E-state index < -0.39 is 7.12 Å². The molecule has 0 amide bonds. The summed E-state index contributed by atoms with van der Waals surface area (Å²) >= 11 is 2.43. The number of hydrogen-bond acceptors (Lipinski definition) is 10. The summed E-state index contributed by atoms with van der Waals surface area (Å²) in [6.45, 7) is 22.5. The molecule has 2 heterocycles. The van der Waals surface area contributed by atoms with E-state index in [0.29, 0.717) is 23.0 Å². The Morgan fingerprint density at radius 2 is 1.00 bits per heavy atom. The quantitative estimate of drug-likeness (QED) is 0.0903. The van der Waals surface area contributed by atoms with Crippen LogP contribution in [0.4, 0.5) is 0 Å². The highest BCUT2D eigenvalue weighted by Crippen LogP contribution is 2.41. The van der Waals surface area contributed by atoms with Gasteiger partial charge in [0, 0.05) is 39.3 Å². The van der Waals surface area contributed by atoms with Gasteiger partial charge in [0.15, 0.2) is 0 Å². The second kappa shape index (κ2) is 22.8. The minimum absolute atomic E-state index is 0.0320. The van der Waals surface area contributed by atoms with E-state index in [1.165, 1.54) is 88.5 Å². The molecule has 10 nitrogen and oxygen atoms in total. The maximum Gasteiger partial charge on any atom is 0.448 e. The zero-order valence-corrected chi connectivity index (χ0v) is 43.5. The van der Waals surface area contributed by atoms with Crippen LogP contribution in [0, 0.1) is 45.0 Å². The van der Waals surface area contributed by atoms with E-state index in [1.54, 1.807) is 0 Å². The molecule has 2 aliphatic heterocycles. The molecule has 0 spiro atoms. The zero-order chi connectivity index (χ0) is 47.9. The Balaban J connectivity index is 0.000000202. The first-order chi connectivity index (χ1) is 31.2. The number of rotatable bonds is 10. The molecule has 360 valence electrons. The van der Waals surface area contributed by atoms with Crippen LogP contribution in [-0.4, -0.2) is 91.5 Å². The first kappa shape index (κ1) is 52.0. The molecule has 4 aromatic carbocycles. The molecule has 0 radical (unpaired) electrons. The van der Waals surface area contributed by atoms with Crippen LogP contribution >= 0.6 is 22.6 Å². The molecule has 4 aromatic rings. The van der Waals surface area contributed by atoms with Gasteiger partial charge in [-0.25, -0.2) is 0 Å². The highest BCUT2D eigenvalue weighted by Gasteiger charge is 2.35. The topological polar surface area (TPSA) is 118 Å². The van der Waals surface area contributed by atoms with E-state index in [9.17, 15) is 9.59 Å². The van der Waals surface area contributed by atoms with Gasteiger partial charge in [0.2, 0.25) is 0 Å². The third-order valence-corrected chi connectivity index (χ3v) is 15.6. The maximum atomic E-state index is 11.6. The van der Waals surface area contributed by atoms with Crippen molar-refractivity contribution in [3.63, 3.8) is 0 Å². The van der Waals surface area contributed by atoms with Crippen molar-refractivity contribution in [2.45, 2.75) is 132 Å². The summed E-state index contributed by atoms with van der Waals surface area (Å²) in [4.78, 5) is 27.7. The lowest BCUT2D eigenvalue weighted by molar-refractivity contribution is -0.152. The molecule has 4 aliphatic rings. The predicted octanol–water partition coefficient (Wildman–Crippen LogP) is 10.9. The van der Waals surface area contributed by atoms with Gasteiger partial charge >= 0.3 is 19.1 Å². The molecule has 0 bridgehead atoms. The Hall–Kier alpha value is -3.43. The Bertz CT molecular complexity index is 2090. The lowest BCUT2D eigenvalue weighted by Gasteiger charge is -2.37. The zero-order valence-electron chi connectivity index (χ0n) is 41.3. The number of hydrogen-bond donors (Lipinski definition) is 2. The van der Waals surface area contributed by atoms with Crippen LogP contribution < -0.4 is 9.47 Å². The van der Waals surface area contributed by atoms with Crippen molar-refractivity contribution >= 4 is 63.2 Å². The lowest BCUT2D eigenvalue weighted by atomic mass is 9.72. The molecule has 2 N–H and O–H groups in total. The maximum absolute atomic E-state index is 11.6. The third-order valence-electron chi connectivity index (χ3n) is 14.5. The van der Waals surface area contributed by atoms with Gasteiger partial charge in [-0.3, -0.25) is 19.4 Å². The van der Waals surface area contributed by atoms with E-state index >= 15 is 0 Å². The molecular weight excluding hydrogens is 942 g/mol. The van der Waals surface area contributed by atoms with Crippen molar-refractivity contribution in [3.8, 4) is 11.5 Å². The van der Waals surface area contributed by atoms with E-state index in [1.807, 2.05) is 0 Å². The molecule has 0 aromatic heterocycles. The number of esters is 2. The highest BCUT2D eigenvalue weighted by molar-refractivity contribution is 14.1. The van der Waals surface area contributed by atoms with Crippen molar-refractivity contribution < 1.29 is 38.6 Å². The van der Waals surface area contributed by atoms with Crippen molar-refractivity contribution in [3.05, 3.63) is 80.9 Å². The minimum atomic E-state index is -1.17. The molecule has 66 heavy (non-hydrogen) atoms. The monoisotopic (exact) mass is 1020 g/mol. The predicted molar refractivity (Wildman–Crippen MR) is 275 cm³/mol. The minimum Gasteiger partial charge on any atom is -0.490 e. The van der Waals surface area contributed by atoms with Gasteiger partial charge in [0.05, 0.1) is 41.8 Å². The molecule has 8 rings (SSSR count). The van der Waals surface area contributed by atoms with Crippen molar-refractivity contribution in [2.75, 3.05) is 40.4 Å². The van der Waals surface area contributed by atoms with Gasteiger partial charge in [-0.2, -0.15) is 0 Å². The number of methoxy groups -OCH3 is 2. The van der Waals surface area contributed by atoms with Crippen LogP contribution in [-0.2, 0) is 32.2 Å². The summed E-state index contributed by atoms with van der Waals surface area (Å²) in [6, 6.07) is 22.0. The fourth-order valence-corrected chi connectivity index (χ4v) is 11.0. The fourth-order valence-electron chi connectivity index (χ4n) is 10.2. The second-order valence-electron chi connectivity index (χ2n) is 21.6. The number of fused-ring (bicyclic) bond motifs is 2. The SMILES string of the molecule is CB(O)O.COC(=O)C1CN(Cc2ccc3c(C)c(OC4CCC(C(C)(C)C)CC4)ccc3c2)C1.COC(=O)C1CN(Cc2ccc3c(I)c(OC4CCC(C(C)(C)C)CC4)ccc3c2)C1. The van der Waals surface area contributed by atoms with Crippen molar-refractivity contribution in [2.24, 2.45) is 34.5 Å². The van der Waals surface area contributed by atoms with Crippen LogP contribution in [0.15, 0.2) is 60.7 Å². The molecule has 0 unspecified atom stereocenters. The van der Waals surface area contributed by atoms with Gasteiger partial charge in [0.25, 0.3) is 0 Å². The Morgan fingerprint density at radius 1 is 0.621 bits per heavy atom. The second-order valence-corrected chi connectivity index (χ2v) is 22.6. The number of halogens is 1. The largest absolute Gasteiger partial charge is 0.490 e. The number of nitrogens with zero attached hydrogens (tertiary/aromatic N) is 2. The first-order valence-electron chi connectivity index (χ1n) is 24.3. The standard InChI is InChI=1S/C27H37NO3.C26H34INO3.CH5BO2/c1-18-24-12-6-19(15-28-16-21(17-28)26(29)30-5)14-20(24)7-13-25(18)31-23-10-8-22(9-11-23)27(2,3)4;1-26(2,3)20-7-9-21(10-8-20)31-23-12-6-18-13-17(5-11-22(18)24(23)27)14-28-15-19(16-28)25(29)30-4;1-2(3)4/h6-7,12-14,21-23H,8-11,15-17H2,1-5H3;5-6,11-13,19-21H,7-10,14-16H2,1-4H3;3-4H,1H3. The molecule has 12 heteroatoms. The Labute approximate surface area is 408 Å². The average molecular weight is 1020 g/mol. The van der Waals surface area contributed by atoms with Gasteiger partial charge in [-0.1, -0.05) is 77.9 Å². The van der Waals surface area contributed by atoms with E-state index in [4.69, 9.17) is 29.0 Å². The smallest absolute Gasteiger partial charge is 0.448 e. The van der Waals surface area contributed by atoms with Crippen LogP contribution in [0.3, 0.4) is 0 Å².